The summed E-state index contributed by atoms with van der Waals surface area (Å²) >= 11 is 0. The number of hydrogen-bond acceptors (Lipinski definition) is 3. The van der Waals surface area contributed by atoms with Crippen molar-refractivity contribution in [2.75, 3.05) is 6.54 Å². The summed E-state index contributed by atoms with van der Waals surface area (Å²) in [7, 11) is 0. The smallest absolute Gasteiger partial charge is 0.220 e. The van der Waals surface area contributed by atoms with E-state index in [-0.39, 0.29) is 17.9 Å². The number of nitrogens with one attached hydrogen (secondary N) is 1. The number of carbonyl (C=O) groups excluding carboxylic acids is 1. The van der Waals surface area contributed by atoms with Crippen molar-refractivity contribution in [2.24, 2.45) is 17.6 Å². The lowest BCUT2D eigenvalue weighted by Crippen LogP contribution is -2.36. The molecule has 4 heteroatoms. The van der Waals surface area contributed by atoms with E-state index in [0.29, 0.717) is 25.3 Å². The van der Waals surface area contributed by atoms with Crippen molar-refractivity contribution in [3.05, 3.63) is 0 Å². The van der Waals surface area contributed by atoms with Gasteiger partial charge in [-0.2, -0.15) is 5.26 Å². The van der Waals surface area contributed by atoms with Crippen LogP contribution in [0.3, 0.4) is 0 Å². The average Bonchev–Trinajstić information content (AvgIpc) is 2.26. The Bertz CT molecular complexity index is 258. The predicted octanol–water partition coefficient (Wildman–Crippen LogP) is 1.81. The van der Waals surface area contributed by atoms with E-state index in [0.717, 1.165) is 12.8 Å². The van der Waals surface area contributed by atoms with Gasteiger partial charge in [-0.25, -0.2) is 0 Å². The number of carbonyl (C=O) groups is 1. The number of nitrogens with two attached hydrogens (primary N) is 1. The third-order valence-corrected chi connectivity index (χ3v) is 2.81. The van der Waals surface area contributed by atoms with Crippen LogP contribution >= 0.6 is 0 Å². The van der Waals surface area contributed by atoms with Gasteiger partial charge in [0.25, 0.3) is 0 Å². The molecule has 0 aliphatic rings. The van der Waals surface area contributed by atoms with Crippen molar-refractivity contribution >= 4 is 5.91 Å². The molecule has 0 bridgehead atoms. The Morgan fingerprint density at radius 3 is 2.53 bits per heavy atom. The summed E-state index contributed by atoms with van der Waals surface area (Å²) in [5, 5.41) is 11.5. The van der Waals surface area contributed by atoms with Gasteiger partial charge in [-0.3, -0.25) is 4.79 Å². The van der Waals surface area contributed by atoms with E-state index >= 15 is 0 Å². The molecular weight excluding hydrogens is 214 g/mol. The van der Waals surface area contributed by atoms with Crippen LogP contribution in [0.5, 0.6) is 0 Å². The maximum absolute atomic E-state index is 11.8. The van der Waals surface area contributed by atoms with Crippen LogP contribution in [0.4, 0.5) is 0 Å². The van der Waals surface area contributed by atoms with Gasteiger partial charge in [0.05, 0.1) is 12.5 Å². The lowest BCUT2D eigenvalue weighted by molar-refractivity contribution is -0.122. The fourth-order valence-corrected chi connectivity index (χ4v) is 1.89. The van der Waals surface area contributed by atoms with Crippen LogP contribution in [0.1, 0.15) is 46.5 Å². The Morgan fingerprint density at radius 1 is 1.47 bits per heavy atom. The lowest BCUT2D eigenvalue weighted by Gasteiger charge is -2.19. The van der Waals surface area contributed by atoms with Gasteiger partial charge in [-0.05, 0) is 31.2 Å². The van der Waals surface area contributed by atoms with Gasteiger partial charge in [0.2, 0.25) is 5.91 Å². The molecule has 0 aliphatic heterocycles. The highest BCUT2D eigenvalue weighted by atomic mass is 16.1. The molecule has 4 nitrogen and oxygen atoms in total. The molecule has 0 saturated carbocycles. The maximum atomic E-state index is 11.8. The highest BCUT2D eigenvalue weighted by Gasteiger charge is 2.16. The fourth-order valence-electron chi connectivity index (χ4n) is 1.89. The molecule has 1 amide bonds. The first kappa shape index (κ1) is 15.9. The molecule has 0 heterocycles. The second-order valence-electron chi connectivity index (χ2n) is 4.97. The van der Waals surface area contributed by atoms with Crippen molar-refractivity contribution in [1.29, 1.82) is 5.26 Å². The maximum Gasteiger partial charge on any atom is 0.220 e. The Morgan fingerprint density at radius 2 is 2.12 bits per heavy atom. The monoisotopic (exact) mass is 239 g/mol. The zero-order valence-corrected chi connectivity index (χ0v) is 11.2. The normalized spacial score (nSPS) is 14.1. The molecule has 0 spiro atoms. The summed E-state index contributed by atoms with van der Waals surface area (Å²) in [6.45, 7) is 6.77. The van der Waals surface area contributed by atoms with Crippen LogP contribution in [0.2, 0.25) is 0 Å². The van der Waals surface area contributed by atoms with Crippen LogP contribution < -0.4 is 11.1 Å². The van der Waals surface area contributed by atoms with E-state index in [1.807, 2.05) is 6.92 Å². The van der Waals surface area contributed by atoms with Gasteiger partial charge >= 0.3 is 0 Å². The van der Waals surface area contributed by atoms with Gasteiger partial charge in [0, 0.05) is 12.5 Å². The first-order valence-corrected chi connectivity index (χ1v) is 6.39. The van der Waals surface area contributed by atoms with Crippen molar-refractivity contribution in [3.63, 3.8) is 0 Å². The average molecular weight is 239 g/mol. The first-order chi connectivity index (χ1) is 8.03. The zero-order valence-electron chi connectivity index (χ0n) is 11.2. The molecule has 0 rings (SSSR count). The van der Waals surface area contributed by atoms with Crippen LogP contribution in [-0.4, -0.2) is 18.5 Å². The fraction of sp³-hybridized carbons (Fsp3) is 0.846. The zero-order chi connectivity index (χ0) is 13.3. The third kappa shape index (κ3) is 7.76. The van der Waals surface area contributed by atoms with Gasteiger partial charge in [0.1, 0.15) is 0 Å². The minimum absolute atomic E-state index is 0.0169. The molecule has 0 aliphatic carbocycles. The molecule has 2 atom stereocenters. The highest BCUT2D eigenvalue weighted by molar-refractivity contribution is 5.76. The summed E-state index contributed by atoms with van der Waals surface area (Å²) in [5.41, 5.74) is 5.66. The van der Waals surface area contributed by atoms with E-state index in [1.54, 1.807) is 0 Å². The van der Waals surface area contributed by atoms with Crippen molar-refractivity contribution in [3.8, 4) is 6.07 Å². The van der Waals surface area contributed by atoms with Crippen LogP contribution in [-0.2, 0) is 4.79 Å². The molecule has 3 N–H and O–H groups in total. The molecule has 0 fully saturated rings. The molecular formula is C13H25N3O. The summed E-state index contributed by atoms with van der Waals surface area (Å²) < 4.78 is 0. The van der Waals surface area contributed by atoms with E-state index in [4.69, 9.17) is 11.0 Å². The molecule has 1 unspecified atom stereocenters. The standard InChI is InChI=1S/C13H25N3O/c1-4-12(5-6-14)16-13(17)8-11(9-15)7-10(2)3/h10-12H,4-5,7-9,15H2,1-3H3,(H,16,17)/t11-,12?/m0/s1. The Hall–Kier alpha value is -1.08. The van der Waals surface area contributed by atoms with E-state index in [2.05, 4.69) is 25.2 Å². The Labute approximate surface area is 105 Å². The van der Waals surface area contributed by atoms with Crippen molar-refractivity contribution in [2.45, 2.75) is 52.5 Å². The topological polar surface area (TPSA) is 78.9 Å². The number of rotatable bonds is 8. The van der Waals surface area contributed by atoms with E-state index in [1.165, 1.54) is 0 Å². The molecule has 0 saturated heterocycles. The second kappa shape index (κ2) is 9.00. The van der Waals surface area contributed by atoms with Gasteiger partial charge < -0.3 is 11.1 Å². The van der Waals surface area contributed by atoms with Gasteiger partial charge in [0.15, 0.2) is 0 Å². The molecule has 98 valence electrons. The second-order valence-corrected chi connectivity index (χ2v) is 4.97. The molecule has 0 aromatic carbocycles. The number of hydrogen-bond donors (Lipinski definition) is 2. The quantitative estimate of drug-likeness (QED) is 0.678. The summed E-state index contributed by atoms with van der Waals surface area (Å²) in [6.07, 6.45) is 2.60. The Kier molecular flexibility index (Phi) is 8.43. The van der Waals surface area contributed by atoms with Crippen LogP contribution in [0.25, 0.3) is 0 Å². The van der Waals surface area contributed by atoms with E-state index < -0.39 is 0 Å². The molecule has 0 radical (unpaired) electrons. The largest absolute Gasteiger partial charge is 0.352 e. The SMILES string of the molecule is CCC(CC#N)NC(=O)C[C@@H](CN)CC(C)C. The number of nitrogens with zero attached hydrogens (tertiary/aromatic N) is 1. The summed E-state index contributed by atoms with van der Waals surface area (Å²) in [5.74, 6) is 0.815. The van der Waals surface area contributed by atoms with Gasteiger partial charge in [-0.15, -0.1) is 0 Å². The minimum Gasteiger partial charge on any atom is -0.352 e. The molecule has 0 aromatic heterocycles. The third-order valence-electron chi connectivity index (χ3n) is 2.81. The first-order valence-electron chi connectivity index (χ1n) is 6.39. The number of amides is 1. The minimum atomic E-state index is -0.0232. The van der Waals surface area contributed by atoms with Crippen LogP contribution in [0, 0.1) is 23.2 Å². The summed E-state index contributed by atoms with van der Waals surface area (Å²) in [4.78, 5) is 11.8. The molecule has 0 aromatic rings. The van der Waals surface area contributed by atoms with Crippen molar-refractivity contribution in [1.82, 2.24) is 5.32 Å². The van der Waals surface area contributed by atoms with Gasteiger partial charge in [-0.1, -0.05) is 20.8 Å². The van der Waals surface area contributed by atoms with Crippen LogP contribution in [0.15, 0.2) is 0 Å². The van der Waals surface area contributed by atoms with Crippen molar-refractivity contribution < 1.29 is 4.79 Å². The predicted molar refractivity (Wildman–Crippen MR) is 69.1 cm³/mol. The highest BCUT2D eigenvalue weighted by Crippen LogP contribution is 2.14. The molecule has 17 heavy (non-hydrogen) atoms. The Balaban J connectivity index is 4.09. The lowest BCUT2D eigenvalue weighted by atomic mass is 9.94. The summed E-state index contributed by atoms with van der Waals surface area (Å²) in [6, 6.07) is 2.06. The number of nitriles is 1. The van der Waals surface area contributed by atoms with E-state index in [9.17, 15) is 4.79 Å².